The molecule has 1 aromatic heterocycles. The van der Waals surface area contributed by atoms with Gasteiger partial charge in [0.25, 0.3) is 0 Å². The minimum absolute atomic E-state index is 0.0336. The van der Waals surface area contributed by atoms with E-state index in [1.54, 1.807) is 0 Å². The van der Waals surface area contributed by atoms with Gasteiger partial charge in [-0.05, 0) is 94.8 Å². The molecule has 0 fully saturated rings. The van der Waals surface area contributed by atoms with Gasteiger partial charge in [0, 0.05) is 16.7 Å². The first-order valence-electron chi connectivity index (χ1n) is 23.1. The predicted octanol–water partition coefficient (Wildman–Crippen LogP) is 16.2. The SMILES string of the molecule is CC.CC(C)(C)c1ccc2c(c1)C1(c3ccccc3-c3ccc(-c4nc(-c5ccccc5-c5ccccc5)nc(-c5ccccc5-c5ccccc5)n4)cc31)c1cc(C(C)(C)C)ccc1-2. The van der Waals surface area contributed by atoms with E-state index in [9.17, 15) is 0 Å². The average Bonchev–Trinajstić information content (AvgIpc) is 3.81. The van der Waals surface area contributed by atoms with E-state index in [1.165, 1.54) is 55.6 Å². The summed E-state index contributed by atoms with van der Waals surface area (Å²) in [5, 5.41) is 0. The van der Waals surface area contributed by atoms with Crippen LogP contribution < -0.4 is 0 Å². The summed E-state index contributed by atoms with van der Waals surface area (Å²) in [6.45, 7) is 17.9. The third-order valence-corrected chi connectivity index (χ3v) is 13.3. The molecule has 0 N–H and O–H groups in total. The highest BCUT2D eigenvalue weighted by atomic mass is 15.0. The first kappa shape index (κ1) is 41.8. The van der Waals surface area contributed by atoms with E-state index < -0.39 is 5.41 Å². The van der Waals surface area contributed by atoms with E-state index in [1.807, 2.05) is 13.8 Å². The van der Waals surface area contributed by atoms with Crippen LogP contribution in [0, 0.1) is 0 Å². The van der Waals surface area contributed by atoms with E-state index in [-0.39, 0.29) is 10.8 Å². The standard InChI is InChI=1S/C60H49N3.C2H6/c1-58(2,3)41-30-33-47-48-34-31-42(59(4,5)6)37-54(48)60(53(47)36-41)51-28-18-17-25-45(51)46-32-29-40(35-52(46)60)55-61-56(49-26-15-13-23-43(49)38-19-9-7-10-20-38)63-57(62-55)50-27-16-14-24-44(50)39-21-11-8-12-22-39;1-2/h7-37H,1-6H3;1-2H3. The highest BCUT2D eigenvalue weighted by Gasteiger charge is 2.52. The summed E-state index contributed by atoms with van der Waals surface area (Å²) in [6.07, 6.45) is 0. The van der Waals surface area contributed by atoms with Crippen LogP contribution in [0.3, 0.4) is 0 Å². The van der Waals surface area contributed by atoms with Crippen molar-refractivity contribution >= 4 is 0 Å². The number of aromatic nitrogens is 3. The summed E-state index contributed by atoms with van der Waals surface area (Å²) in [5.41, 5.74) is 19.6. The molecule has 2 aliphatic rings. The molecule has 1 spiro atoms. The molecule has 0 bridgehead atoms. The molecule has 0 unspecified atom stereocenters. The molecule has 8 aromatic carbocycles. The van der Waals surface area contributed by atoms with Gasteiger partial charge in [-0.1, -0.05) is 237 Å². The zero-order valence-electron chi connectivity index (χ0n) is 38.7. The first-order valence-corrected chi connectivity index (χ1v) is 23.1. The molecule has 0 amide bonds. The van der Waals surface area contributed by atoms with Crippen LogP contribution in [0.5, 0.6) is 0 Å². The molecule has 65 heavy (non-hydrogen) atoms. The van der Waals surface area contributed by atoms with Crippen molar-refractivity contribution in [3.8, 4) is 78.7 Å². The topological polar surface area (TPSA) is 38.7 Å². The summed E-state index contributed by atoms with van der Waals surface area (Å²) in [5.74, 6) is 1.91. The average molecular weight is 842 g/mol. The van der Waals surface area contributed by atoms with Crippen molar-refractivity contribution in [1.29, 1.82) is 0 Å². The predicted molar refractivity (Wildman–Crippen MR) is 272 cm³/mol. The van der Waals surface area contributed by atoms with Gasteiger partial charge in [0.2, 0.25) is 0 Å². The molecule has 0 atom stereocenters. The molecule has 318 valence electrons. The fourth-order valence-corrected chi connectivity index (χ4v) is 10.1. The quantitative estimate of drug-likeness (QED) is 0.173. The smallest absolute Gasteiger partial charge is 0.164 e. The lowest BCUT2D eigenvalue weighted by Gasteiger charge is -2.33. The van der Waals surface area contributed by atoms with Crippen molar-refractivity contribution in [2.45, 2.75) is 71.6 Å². The number of nitrogens with zero attached hydrogens (tertiary/aromatic N) is 3. The number of hydrogen-bond donors (Lipinski definition) is 0. The molecule has 1 heterocycles. The van der Waals surface area contributed by atoms with Gasteiger partial charge in [-0.25, -0.2) is 15.0 Å². The van der Waals surface area contributed by atoms with Crippen LogP contribution in [0.2, 0.25) is 0 Å². The lowest BCUT2D eigenvalue weighted by Crippen LogP contribution is -2.27. The van der Waals surface area contributed by atoms with Gasteiger partial charge in [-0.3, -0.25) is 0 Å². The van der Waals surface area contributed by atoms with Gasteiger partial charge in [-0.15, -0.1) is 0 Å². The molecule has 3 nitrogen and oxygen atoms in total. The normalized spacial score (nSPS) is 13.0. The molecule has 9 aromatic rings. The van der Waals surface area contributed by atoms with Gasteiger partial charge in [0.15, 0.2) is 17.5 Å². The van der Waals surface area contributed by atoms with Gasteiger partial charge >= 0.3 is 0 Å². The summed E-state index contributed by atoms with van der Waals surface area (Å²) in [6, 6.07) is 68.4. The Morgan fingerprint density at radius 1 is 0.292 bits per heavy atom. The Hall–Kier alpha value is -7.23. The van der Waals surface area contributed by atoms with Crippen molar-refractivity contribution < 1.29 is 0 Å². The highest BCUT2D eigenvalue weighted by Crippen LogP contribution is 2.64. The van der Waals surface area contributed by atoms with Crippen LogP contribution in [0.1, 0.15) is 88.8 Å². The maximum Gasteiger partial charge on any atom is 0.164 e. The van der Waals surface area contributed by atoms with Crippen molar-refractivity contribution in [2.24, 2.45) is 0 Å². The summed E-state index contributed by atoms with van der Waals surface area (Å²) in [4.78, 5) is 16.2. The minimum atomic E-state index is -0.548. The Morgan fingerprint density at radius 3 is 1.11 bits per heavy atom. The van der Waals surface area contributed by atoms with Crippen LogP contribution in [-0.2, 0) is 16.2 Å². The summed E-state index contributed by atoms with van der Waals surface area (Å²) in [7, 11) is 0. The Bertz CT molecular complexity index is 3070. The van der Waals surface area contributed by atoms with E-state index >= 15 is 0 Å². The zero-order valence-corrected chi connectivity index (χ0v) is 38.7. The number of fused-ring (bicyclic) bond motifs is 10. The molecule has 0 saturated heterocycles. The van der Waals surface area contributed by atoms with Gasteiger partial charge in [0.1, 0.15) is 0 Å². The molecule has 2 aliphatic carbocycles. The van der Waals surface area contributed by atoms with E-state index in [0.29, 0.717) is 17.5 Å². The lowest BCUT2D eigenvalue weighted by molar-refractivity contribution is 0.586. The van der Waals surface area contributed by atoms with Crippen LogP contribution >= 0.6 is 0 Å². The van der Waals surface area contributed by atoms with Gasteiger partial charge < -0.3 is 0 Å². The van der Waals surface area contributed by atoms with Gasteiger partial charge in [0.05, 0.1) is 5.41 Å². The van der Waals surface area contributed by atoms with Crippen molar-refractivity contribution in [2.75, 3.05) is 0 Å². The van der Waals surface area contributed by atoms with E-state index in [2.05, 4.69) is 230 Å². The Labute approximate surface area is 385 Å². The molecule has 0 radical (unpaired) electrons. The van der Waals surface area contributed by atoms with Crippen LogP contribution in [-0.4, -0.2) is 15.0 Å². The van der Waals surface area contributed by atoms with Crippen molar-refractivity contribution in [3.63, 3.8) is 0 Å². The maximum absolute atomic E-state index is 5.44. The minimum Gasteiger partial charge on any atom is -0.208 e. The fraction of sp³-hybridized carbons (Fsp3) is 0.177. The summed E-state index contributed by atoms with van der Waals surface area (Å²) >= 11 is 0. The van der Waals surface area contributed by atoms with E-state index in [0.717, 1.165) is 38.9 Å². The molecule has 0 aliphatic heterocycles. The number of rotatable bonds is 5. The second-order valence-corrected chi connectivity index (χ2v) is 19.2. The molecular weight excluding hydrogens is 787 g/mol. The second kappa shape index (κ2) is 16.1. The third kappa shape index (κ3) is 6.93. The molecule has 11 rings (SSSR count). The first-order chi connectivity index (χ1) is 31.5. The van der Waals surface area contributed by atoms with Crippen LogP contribution in [0.15, 0.2) is 188 Å². The molecular formula is C62H55N3. The Morgan fingerprint density at radius 2 is 0.646 bits per heavy atom. The number of hydrogen-bond acceptors (Lipinski definition) is 3. The molecule has 3 heteroatoms. The van der Waals surface area contributed by atoms with Crippen molar-refractivity contribution in [1.82, 2.24) is 15.0 Å². The fourth-order valence-electron chi connectivity index (χ4n) is 10.1. The molecule has 0 saturated carbocycles. The van der Waals surface area contributed by atoms with Crippen LogP contribution in [0.4, 0.5) is 0 Å². The zero-order chi connectivity index (χ0) is 45.1. The lowest BCUT2D eigenvalue weighted by atomic mass is 9.68. The largest absolute Gasteiger partial charge is 0.208 e. The highest BCUT2D eigenvalue weighted by molar-refractivity contribution is 5.96. The Balaban J connectivity index is 0.00000246. The van der Waals surface area contributed by atoms with Crippen LogP contribution in [0.25, 0.3) is 78.7 Å². The van der Waals surface area contributed by atoms with Crippen molar-refractivity contribution in [3.05, 3.63) is 221 Å². The number of benzene rings is 8. The third-order valence-electron chi connectivity index (χ3n) is 13.3. The maximum atomic E-state index is 5.44. The summed E-state index contributed by atoms with van der Waals surface area (Å²) < 4.78 is 0. The van der Waals surface area contributed by atoms with Gasteiger partial charge in [-0.2, -0.15) is 0 Å². The Kier molecular flexibility index (Phi) is 10.3. The van der Waals surface area contributed by atoms with E-state index in [4.69, 9.17) is 15.0 Å². The second-order valence-electron chi connectivity index (χ2n) is 19.2. The monoisotopic (exact) mass is 841 g/mol.